The Labute approximate surface area is 125 Å². The summed E-state index contributed by atoms with van der Waals surface area (Å²) in [7, 11) is 2.01. The number of hydrogen-bond donors (Lipinski definition) is 2. The summed E-state index contributed by atoms with van der Waals surface area (Å²) >= 11 is 0. The van der Waals surface area contributed by atoms with E-state index >= 15 is 0 Å². The van der Waals surface area contributed by atoms with Gasteiger partial charge in [-0.15, -0.1) is 0 Å². The molecule has 0 aliphatic carbocycles. The fraction of sp³-hybridized carbons (Fsp3) is 0.400. The van der Waals surface area contributed by atoms with E-state index in [1.807, 2.05) is 37.5 Å². The molecular weight excluding hydrogens is 264 g/mol. The fourth-order valence-electron chi connectivity index (χ4n) is 1.92. The van der Waals surface area contributed by atoms with Crippen molar-refractivity contribution in [3.8, 4) is 0 Å². The smallest absolute Gasteiger partial charge is 0.145 e. The van der Waals surface area contributed by atoms with Crippen LogP contribution in [0.15, 0.2) is 30.5 Å². The predicted octanol–water partition coefficient (Wildman–Crippen LogP) is 1.96. The highest BCUT2D eigenvalue weighted by Gasteiger charge is 2.10. The molecule has 6 nitrogen and oxygen atoms in total. The number of anilines is 2. The third-order valence-electron chi connectivity index (χ3n) is 3.21. The van der Waals surface area contributed by atoms with Gasteiger partial charge in [0.2, 0.25) is 0 Å². The summed E-state index contributed by atoms with van der Waals surface area (Å²) in [6, 6.07) is 7.80. The van der Waals surface area contributed by atoms with Gasteiger partial charge in [0, 0.05) is 43.9 Å². The van der Waals surface area contributed by atoms with E-state index in [0.29, 0.717) is 5.82 Å². The maximum atomic E-state index is 5.48. The van der Waals surface area contributed by atoms with Crippen LogP contribution in [0.2, 0.25) is 0 Å². The van der Waals surface area contributed by atoms with Gasteiger partial charge in [-0.2, -0.15) is 0 Å². The van der Waals surface area contributed by atoms with E-state index in [1.165, 1.54) is 0 Å². The van der Waals surface area contributed by atoms with E-state index < -0.39 is 0 Å². The van der Waals surface area contributed by atoms with Crippen LogP contribution in [0.5, 0.6) is 0 Å². The Bertz CT molecular complexity index is 570. The Hall–Kier alpha value is -2.21. The fourth-order valence-corrected chi connectivity index (χ4v) is 1.92. The molecule has 0 saturated carbocycles. The van der Waals surface area contributed by atoms with E-state index in [9.17, 15) is 0 Å². The van der Waals surface area contributed by atoms with Gasteiger partial charge in [0.1, 0.15) is 17.5 Å². The van der Waals surface area contributed by atoms with Crippen molar-refractivity contribution in [3.05, 3.63) is 42.0 Å². The minimum atomic E-state index is 0.251. The molecule has 6 heteroatoms. The van der Waals surface area contributed by atoms with Crippen LogP contribution in [0.3, 0.4) is 0 Å². The monoisotopic (exact) mass is 286 g/mol. The molecule has 2 aromatic rings. The lowest BCUT2D eigenvalue weighted by Gasteiger charge is -2.20. The van der Waals surface area contributed by atoms with Gasteiger partial charge in [-0.05, 0) is 12.1 Å². The van der Waals surface area contributed by atoms with Crippen LogP contribution in [0, 0.1) is 0 Å². The van der Waals surface area contributed by atoms with Crippen molar-refractivity contribution in [1.29, 1.82) is 0 Å². The number of nitrogens with one attached hydrogen (secondary N) is 1. The molecule has 0 aliphatic rings. The SMILES string of the molecule is CC(C)c1nc(NN)cc(N(C)CCc2ccccn2)n1. The third kappa shape index (κ3) is 4.13. The lowest BCUT2D eigenvalue weighted by Crippen LogP contribution is -2.23. The maximum Gasteiger partial charge on any atom is 0.145 e. The zero-order chi connectivity index (χ0) is 15.2. The number of likely N-dealkylation sites (N-methyl/N-ethyl adjacent to an activating group) is 1. The van der Waals surface area contributed by atoms with Crippen LogP contribution in [0.25, 0.3) is 0 Å². The van der Waals surface area contributed by atoms with Gasteiger partial charge in [0.15, 0.2) is 0 Å². The Morgan fingerprint density at radius 1 is 1.29 bits per heavy atom. The molecule has 0 aliphatic heterocycles. The van der Waals surface area contributed by atoms with Gasteiger partial charge >= 0.3 is 0 Å². The van der Waals surface area contributed by atoms with Crippen LogP contribution < -0.4 is 16.2 Å². The lowest BCUT2D eigenvalue weighted by atomic mass is 10.2. The molecule has 0 bridgehead atoms. The Morgan fingerprint density at radius 2 is 2.10 bits per heavy atom. The first kappa shape index (κ1) is 15.2. The van der Waals surface area contributed by atoms with Crippen LogP contribution >= 0.6 is 0 Å². The second kappa shape index (κ2) is 6.99. The quantitative estimate of drug-likeness (QED) is 0.624. The van der Waals surface area contributed by atoms with Crippen molar-refractivity contribution >= 4 is 11.6 Å². The number of hydrogen-bond acceptors (Lipinski definition) is 6. The van der Waals surface area contributed by atoms with E-state index in [-0.39, 0.29) is 5.92 Å². The number of hydrazine groups is 1. The number of nitrogen functional groups attached to an aromatic ring is 1. The van der Waals surface area contributed by atoms with Gasteiger partial charge in [-0.3, -0.25) is 4.98 Å². The van der Waals surface area contributed by atoms with Gasteiger partial charge in [0.05, 0.1) is 0 Å². The van der Waals surface area contributed by atoms with Crippen molar-refractivity contribution in [1.82, 2.24) is 15.0 Å². The standard InChI is InChI=1S/C15H22N6/c1-11(2)15-18-13(20-16)10-14(19-15)21(3)9-7-12-6-4-5-8-17-12/h4-6,8,10-11H,7,9,16H2,1-3H3,(H,18,19,20). The molecule has 0 aromatic carbocycles. The highest BCUT2D eigenvalue weighted by molar-refractivity contribution is 5.48. The summed E-state index contributed by atoms with van der Waals surface area (Å²) in [4.78, 5) is 15.4. The van der Waals surface area contributed by atoms with E-state index in [4.69, 9.17) is 5.84 Å². The second-order valence-corrected chi connectivity index (χ2v) is 5.26. The number of nitrogens with two attached hydrogens (primary N) is 1. The molecule has 21 heavy (non-hydrogen) atoms. The zero-order valence-electron chi connectivity index (χ0n) is 12.7. The molecule has 112 valence electrons. The molecule has 0 atom stereocenters. The molecule has 0 amide bonds. The lowest BCUT2D eigenvalue weighted by molar-refractivity contribution is 0.759. The van der Waals surface area contributed by atoms with Gasteiger partial charge < -0.3 is 10.3 Å². The minimum absolute atomic E-state index is 0.251. The average molecular weight is 286 g/mol. The number of pyridine rings is 1. The van der Waals surface area contributed by atoms with E-state index in [2.05, 4.69) is 39.1 Å². The molecule has 0 spiro atoms. The molecule has 0 fully saturated rings. The number of rotatable bonds is 6. The van der Waals surface area contributed by atoms with Crippen LogP contribution in [-0.4, -0.2) is 28.5 Å². The summed E-state index contributed by atoms with van der Waals surface area (Å²) in [5.74, 6) is 8.01. The normalized spacial score (nSPS) is 10.7. The second-order valence-electron chi connectivity index (χ2n) is 5.26. The largest absolute Gasteiger partial charge is 0.359 e. The summed E-state index contributed by atoms with van der Waals surface area (Å²) in [5.41, 5.74) is 3.67. The average Bonchev–Trinajstić information content (AvgIpc) is 2.53. The molecule has 0 radical (unpaired) electrons. The summed E-state index contributed by atoms with van der Waals surface area (Å²) in [5, 5.41) is 0. The summed E-state index contributed by atoms with van der Waals surface area (Å²) in [6.45, 7) is 4.95. The number of aromatic nitrogens is 3. The highest BCUT2D eigenvalue weighted by Crippen LogP contribution is 2.18. The maximum absolute atomic E-state index is 5.48. The molecule has 3 N–H and O–H groups in total. The molecule has 0 unspecified atom stereocenters. The van der Waals surface area contributed by atoms with E-state index in [1.54, 1.807) is 0 Å². The van der Waals surface area contributed by atoms with Crippen molar-refractivity contribution in [2.75, 3.05) is 23.9 Å². The highest BCUT2D eigenvalue weighted by atomic mass is 15.3. The zero-order valence-corrected chi connectivity index (χ0v) is 12.7. The summed E-state index contributed by atoms with van der Waals surface area (Å²) < 4.78 is 0. The van der Waals surface area contributed by atoms with E-state index in [0.717, 1.165) is 30.3 Å². The van der Waals surface area contributed by atoms with Gasteiger partial charge in [-0.25, -0.2) is 15.8 Å². The minimum Gasteiger partial charge on any atom is -0.359 e. The predicted molar refractivity (Wildman–Crippen MR) is 85.1 cm³/mol. The van der Waals surface area contributed by atoms with Gasteiger partial charge in [-0.1, -0.05) is 19.9 Å². The Kier molecular flexibility index (Phi) is 5.05. The topological polar surface area (TPSA) is 80.0 Å². The van der Waals surface area contributed by atoms with Crippen LogP contribution in [0.4, 0.5) is 11.6 Å². The molecule has 2 heterocycles. The van der Waals surface area contributed by atoms with Crippen LogP contribution in [-0.2, 0) is 6.42 Å². The van der Waals surface area contributed by atoms with Crippen molar-refractivity contribution in [2.24, 2.45) is 5.84 Å². The number of nitrogens with zero attached hydrogens (tertiary/aromatic N) is 4. The molecule has 0 saturated heterocycles. The van der Waals surface area contributed by atoms with Crippen molar-refractivity contribution in [2.45, 2.75) is 26.2 Å². The first-order valence-electron chi connectivity index (χ1n) is 7.06. The Balaban J connectivity index is 2.11. The molecule has 2 aromatic heterocycles. The van der Waals surface area contributed by atoms with Crippen molar-refractivity contribution in [3.63, 3.8) is 0 Å². The summed E-state index contributed by atoms with van der Waals surface area (Å²) in [6.07, 6.45) is 2.68. The third-order valence-corrected chi connectivity index (χ3v) is 3.21. The van der Waals surface area contributed by atoms with Gasteiger partial charge in [0.25, 0.3) is 0 Å². The van der Waals surface area contributed by atoms with Crippen molar-refractivity contribution < 1.29 is 0 Å². The first-order chi connectivity index (χ1) is 10.1. The first-order valence-corrected chi connectivity index (χ1v) is 7.06. The molecular formula is C15H22N6. The van der Waals surface area contributed by atoms with Crippen LogP contribution in [0.1, 0.15) is 31.3 Å². The Morgan fingerprint density at radius 3 is 2.71 bits per heavy atom. The molecule has 2 rings (SSSR count).